The van der Waals surface area contributed by atoms with Gasteiger partial charge in [-0.15, -0.1) is 0 Å². The van der Waals surface area contributed by atoms with Crippen molar-refractivity contribution < 1.29 is 14.4 Å². The van der Waals surface area contributed by atoms with Gasteiger partial charge in [0.15, 0.2) is 0 Å². The highest BCUT2D eigenvalue weighted by Crippen LogP contribution is 2.39. The van der Waals surface area contributed by atoms with E-state index in [-0.39, 0.29) is 24.3 Å². The number of carbonyl (C=O) groups excluding carboxylic acids is 3. The second-order valence-electron chi connectivity index (χ2n) is 11.4. The van der Waals surface area contributed by atoms with E-state index >= 15 is 0 Å². The number of amides is 3. The number of para-hydroxylation sites is 1. The molecule has 1 spiro atoms. The minimum atomic E-state index is -0.726. The predicted molar refractivity (Wildman–Crippen MR) is 160 cm³/mol. The zero-order valence-electron chi connectivity index (χ0n) is 24.4. The summed E-state index contributed by atoms with van der Waals surface area (Å²) in [5, 5.41) is 0. The summed E-state index contributed by atoms with van der Waals surface area (Å²) in [6.07, 6.45) is 10.1. The van der Waals surface area contributed by atoms with Gasteiger partial charge in [0.1, 0.15) is 12.1 Å². The van der Waals surface area contributed by atoms with Gasteiger partial charge in [-0.05, 0) is 37.0 Å². The second kappa shape index (κ2) is 14.3. The van der Waals surface area contributed by atoms with E-state index in [0.29, 0.717) is 45.6 Å². The quantitative estimate of drug-likeness (QED) is 0.313. The number of piperidine rings is 1. The van der Waals surface area contributed by atoms with Crippen LogP contribution in [-0.2, 0) is 20.9 Å². The van der Waals surface area contributed by atoms with Gasteiger partial charge >= 0.3 is 0 Å². The summed E-state index contributed by atoms with van der Waals surface area (Å²) >= 11 is 0. The summed E-state index contributed by atoms with van der Waals surface area (Å²) in [5.41, 5.74) is 1.31. The summed E-state index contributed by atoms with van der Waals surface area (Å²) < 4.78 is 0. The molecule has 7 nitrogen and oxygen atoms in total. The molecule has 2 aliphatic rings. The molecule has 216 valence electrons. The molecule has 2 fully saturated rings. The summed E-state index contributed by atoms with van der Waals surface area (Å²) in [6.45, 7) is 4.29. The zero-order chi connectivity index (χ0) is 28.4. The third-order valence-electron chi connectivity index (χ3n) is 8.53. The molecule has 4 rings (SSSR count). The molecule has 0 bridgehead atoms. The highest BCUT2D eigenvalue weighted by atomic mass is 16.2. The summed E-state index contributed by atoms with van der Waals surface area (Å²) in [5.74, 6) is 0.122. The van der Waals surface area contributed by atoms with E-state index in [1.807, 2.05) is 65.6 Å². The van der Waals surface area contributed by atoms with Crippen LogP contribution >= 0.6 is 0 Å². The molecule has 2 aromatic carbocycles. The predicted octanol–water partition coefficient (Wildman–Crippen LogP) is 5.45. The molecule has 0 N–H and O–H groups in total. The van der Waals surface area contributed by atoms with Crippen LogP contribution in [0.5, 0.6) is 0 Å². The fraction of sp³-hybridized carbons (Fsp3) is 0.545. The van der Waals surface area contributed by atoms with Crippen LogP contribution in [0.15, 0.2) is 60.7 Å². The molecular weight excluding hydrogens is 500 g/mol. The Labute approximate surface area is 240 Å². The van der Waals surface area contributed by atoms with Gasteiger partial charge in [-0.2, -0.15) is 0 Å². The molecule has 2 heterocycles. The van der Waals surface area contributed by atoms with E-state index in [4.69, 9.17) is 0 Å². The van der Waals surface area contributed by atoms with E-state index in [9.17, 15) is 14.4 Å². The van der Waals surface area contributed by atoms with Crippen LogP contribution < -0.4 is 4.90 Å². The Hall–Kier alpha value is -3.35. The Morgan fingerprint density at radius 2 is 1.45 bits per heavy atom. The molecule has 0 unspecified atom stereocenters. The number of hydrogen-bond acceptors (Lipinski definition) is 4. The van der Waals surface area contributed by atoms with Crippen LogP contribution in [0.25, 0.3) is 0 Å². The highest BCUT2D eigenvalue weighted by Gasteiger charge is 2.54. The molecule has 2 aromatic rings. The number of likely N-dealkylation sites (N-methyl/N-ethyl adjacent to an activating group) is 1. The summed E-state index contributed by atoms with van der Waals surface area (Å²) in [6, 6.07) is 19.9. The molecule has 0 aliphatic carbocycles. The molecule has 2 aliphatic heterocycles. The first-order valence-electron chi connectivity index (χ1n) is 15.1. The largest absolute Gasteiger partial charge is 0.342 e. The molecule has 2 saturated heterocycles. The SMILES string of the molecule is CCCCCCCCCC(=O)N1CCC2(CC1)C(=O)N(CC(=O)N(C)Cc1ccccc1)CN2c1ccccc1. The van der Waals surface area contributed by atoms with Crippen LogP contribution in [0.4, 0.5) is 5.69 Å². The Morgan fingerprint density at radius 1 is 0.850 bits per heavy atom. The van der Waals surface area contributed by atoms with Crippen LogP contribution in [0.3, 0.4) is 0 Å². The first-order chi connectivity index (χ1) is 19.4. The number of anilines is 1. The van der Waals surface area contributed by atoms with Crippen molar-refractivity contribution in [1.82, 2.24) is 14.7 Å². The maximum Gasteiger partial charge on any atom is 0.250 e. The number of carbonyl (C=O) groups is 3. The van der Waals surface area contributed by atoms with Gasteiger partial charge < -0.3 is 19.6 Å². The number of unbranched alkanes of at least 4 members (excludes halogenated alkanes) is 6. The monoisotopic (exact) mass is 546 g/mol. The normalized spacial score (nSPS) is 16.6. The van der Waals surface area contributed by atoms with E-state index in [1.54, 1.807) is 16.8 Å². The van der Waals surface area contributed by atoms with E-state index in [1.165, 1.54) is 32.1 Å². The number of nitrogens with zero attached hydrogens (tertiary/aromatic N) is 4. The average molecular weight is 547 g/mol. The average Bonchev–Trinajstić information content (AvgIpc) is 3.24. The fourth-order valence-corrected chi connectivity index (χ4v) is 6.07. The smallest absolute Gasteiger partial charge is 0.250 e. The van der Waals surface area contributed by atoms with Crippen molar-refractivity contribution >= 4 is 23.4 Å². The van der Waals surface area contributed by atoms with Crippen LogP contribution in [-0.4, -0.2) is 71.3 Å². The van der Waals surface area contributed by atoms with E-state index in [2.05, 4.69) is 11.8 Å². The second-order valence-corrected chi connectivity index (χ2v) is 11.4. The molecule has 7 heteroatoms. The molecule has 0 atom stereocenters. The number of benzene rings is 2. The van der Waals surface area contributed by atoms with Crippen molar-refractivity contribution in [2.45, 2.75) is 83.2 Å². The van der Waals surface area contributed by atoms with Crippen molar-refractivity contribution in [2.75, 3.05) is 38.3 Å². The minimum Gasteiger partial charge on any atom is -0.342 e. The standard InChI is InChI=1S/C33H46N4O3/c1-3-4-5-6-7-8-15-20-30(38)35-23-21-33(22-24-35)32(40)36(27-37(33)29-18-13-10-14-19-29)26-31(39)34(2)25-28-16-11-9-12-17-28/h9-14,16-19H,3-8,15,20-27H2,1-2H3. The lowest BCUT2D eigenvalue weighted by atomic mass is 9.85. The van der Waals surface area contributed by atoms with Crippen LogP contribution in [0.1, 0.15) is 76.7 Å². The molecular formula is C33H46N4O3. The Bertz CT molecular complexity index is 1100. The van der Waals surface area contributed by atoms with Crippen LogP contribution in [0.2, 0.25) is 0 Å². The first kappa shape index (κ1) is 29.6. The maximum absolute atomic E-state index is 14.0. The van der Waals surface area contributed by atoms with Gasteiger partial charge in [0.2, 0.25) is 11.8 Å². The van der Waals surface area contributed by atoms with Gasteiger partial charge in [-0.3, -0.25) is 14.4 Å². The van der Waals surface area contributed by atoms with Crippen molar-refractivity contribution in [3.63, 3.8) is 0 Å². The third kappa shape index (κ3) is 7.23. The zero-order valence-corrected chi connectivity index (χ0v) is 24.4. The van der Waals surface area contributed by atoms with Gasteiger partial charge in [-0.25, -0.2) is 0 Å². The Kier molecular flexibility index (Phi) is 10.6. The van der Waals surface area contributed by atoms with Gasteiger partial charge in [0.05, 0.1) is 6.67 Å². The molecule has 0 radical (unpaired) electrons. The maximum atomic E-state index is 14.0. The lowest BCUT2D eigenvalue weighted by Crippen LogP contribution is -2.57. The highest BCUT2D eigenvalue weighted by molar-refractivity contribution is 5.96. The molecule has 0 aromatic heterocycles. The lowest BCUT2D eigenvalue weighted by Gasteiger charge is -2.43. The third-order valence-corrected chi connectivity index (χ3v) is 8.53. The van der Waals surface area contributed by atoms with Gasteiger partial charge in [0, 0.05) is 38.8 Å². The fourth-order valence-electron chi connectivity index (χ4n) is 6.07. The summed E-state index contributed by atoms with van der Waals surface area (Å²) in [7, 11) is 1.79. The topological polar surface area (TPSA) is 64.2 Å². The number of rotatable bonds is 13. The first-order valence-corrected chi connectivity index (χ1v) is 15.1. The van der Waals surface area contributed by atoms with Crippen LogP contribution in [0, 0.1) is 0 Å². The Morgan fingerprint density at radius 3 is 2.10 bits per heavy atom. The number of hydrogen-bond donors (Lipinski definition) is 0. The van der Waals surface area contributed by atoms with Crippen molar-refractivity contribution in [1.29, 1.82) is 0 Å². The lowest BCUT2D eigenvalue weighted by molar-refractivity contribution is -0.142. The summed E-state index contributed by atoms with van der Waals surface area (Å²) in [4.78, 5) is 47.6. The molecule has 3 amide bonds. The minimum absolute atomic E-state index is 0.00278. The molecule has 0 saturated carbocycles. The van der Waals surface area contributed by atoms with Gasteiger partial charge in [0.25, 0.3) is 5.91 Å². The Balaban J connectivity index is 1.36. The van der Waals surface area contributed by atoms with Crippen molar-refractivity contribution in [3.8, 4) is 0 Å². The van der Waals surface area contributed by atoms with E-state index in [0.717, 1.165) is 24.1 Å². The number of likely N-dealkylation sites (tertiary alicyclic amines) is 1. The molecule has 40 heavy (non-hydrogen) atoms. The van der Waals surface area contributed by atoms with Gasteiger partial charge in [-0.1, -0.05) is 94.0 Å². The van der Waals surface area contributed by atoms with Crippen molar-refractivity contribution in [2.24, 2.45) is 0 Å². The van der Waals surface area contributed by atoms with E-state index < -0.39 is 5.54 Å². The van der Waals surface area contributed by atoms with Crippen molar-refractivity contribution in [3.05, 3.63) is 66.2 Å².